The highest BCUT2D eigenvalue weighted by molar-refractivity contribution is 7.89. The molecule has 0 aromatic heterocycles. The van der Waals surface area contributed by atoms with E-state index in [0.29, 0.717) is 44.7 Å². The highest BCUT2D eigenvalue weighted by Crippen LogP contribution is 2.34. The van der Waals surface area contributed by atoms with Crippen LogP contribution >= 0.6 is 0 Å². The zero-order chi connectivity index (χ0) is 25.6. The number of piperazine rings is 1. The van der Waals surface area contributed by atoms with Crippen molar-refractivity contribution in [1.82, 2.24) is 9.21 Å². The second-order valence-corrected chi connectivity index (χ2v) is 11.5. The summed E-state index contributed by atoms with van der Waals surface area (Å²) in [5.41, 5.74) is 1.72. The minimum absolute atomic E-state index is 0.0295. The van der Waals surface area contributed by atoms with E-state index in [4.69, 9.17) is 0 Å². The lowest BCUT2D eigenvalue weighted by Crippen LogP contribution is -2.54. The van der Waals surface area contributed by atoms with E-state index in [1.54, 1.807) is 11.9 Å². The Hall–Kier alpha value is -3.24. The first-order valence-corrected chi connectivity index (χ1v) is 13.7. The van der Waals surface area contributed by atoms with Crippen LogP contribution in [0.25, 0.3) is 0 Å². The summed E-state index contributed by atoms with van der Waals surface area (Å²) in [5, 5.41) is 0. The molecule has 3 aliphatic heterocycles. The van der Waals surface area contributed by atoms with Gasteiger partial charge < -0.3 is 14.7 Å². The summed E-state index contributed by atoms with van der Waals surface area (Å²) in [6, 6.07) is 13.5. The Morgan fingerprint density at radius 2 is 1.64 bits per heavy atom. The van der Waals surface area contributed by atoms with Gasteiger partial charge >= 0.3 is 0 Å². The number of nitrogens with zero attached hydrogens (tertiary/aromatic N) is 4. The molecule has 2 amide bonds. The van der Waals surface area contributed by atoms with Gasteiger partial charge in [-0.15, -0.1) is 0 Å². The number of para-hydroxylation sites is 1. The van der Waals surface area contributed by atoms with Gasteiger partial charge in [0, 0.05) is 51.0 Å². The number of amides is 2. The fourth-order valence-corrected chi connectivity index (χ4v) is 7.04. The standard InChI is InChI=1S/C26H30N4O5S/c1-18-24(31)21-17-20(10-11-22(21)27(2)25(18)32)36(34,35)30-12-6-9-23(30)26(33)29-15-13-28(14-16-29)19-7-4-3-5-8-19/h3-5,7-8,10-11,17-18,23H,6,9,12-16H2,1-2H3. The van der Waals surface area contributed by atoms with E-state index >= 15 is 0 Å². The average Bonchev–Trinajstić information content (AvgIpc) is 3.41. The van der Waals surface area contributed by atoms with E-state index in [0.717, 1.165) is 5.69 Å². The summed E-state index contributed by atoms with van der Waals surface area (Å²) >= 11 is 0. The van der Waals surface area contributed by atoms with Crippen LogP contribution in [0.4, 0.5) is 11.4 Å². The molecule has 2 aromatic rings. The van der Waals surface area contributed by atoms with E-state index in [-0.39, 0.29) is 28.8 Å². The highest BCUT2D eigenvalue weighted by Gasteiger charge is 2.43. The molecular formula is C26H30N4O5S. The van der Waals surface area contributed by atoms with Crippen LogP contribution in [0.3, 0.4) is 0 Å². The summed E-state index contributed by atoms with van der Waals surface area (Å²) in [4.78, 5) is 43.8. The number of carbonyl (C=O) groups is 3. The Morgan fingerprint density at radius 1 is 0.944 bits per heavy atom. The summed E-state index contributed by atoms with van der Waals surface area (Å²) in [5.74, 6) is -1.75. The molecule has 2 saturated heterocycles. The van der Waals surface area contributed by atoms with Crippen molar-refractivity contribution in [2.45, 2.75) is 30.7 Å². The minimum atomic E-state index is -4.01. The summed E-state index contributed by atoms with van der Waals surface area (Å²) < 4.78 is 28.6. The fourth-order valence-electron chi connectivity index (χ4n) is 5.36. The number of hydrogen-bond donors (Lipinski definition) is 0. The number of carbonyl (C=O) groups excluding carboxylic acids is 3. The molecule has 0 spiro atoms. The van der Waals surface area contributed by atoms with E-state index in [2.05, 4.69) is 4.90 Å². The molecule has 2 aromatic carbocycles. The molecule has 5 rings (SSSR count). The minimum Gasteiger partial charge on any atom is -0.368 e. The number of fused-ring (bicyclic) bond motifs is 1. The molecule has 36 heavy (non-hydrogen) atoms. The Labute approximate surface area is 211 Å². The van der Waals surface area contributed by atoms with E-state index in [1.807, 2.05) is 30.3 Å². The maximum Gasteiger partial charge on any atom is 0.243 e. The second-order valence-electron chi connectivity index (χ2n) is 9.58. The van der Waals surface area contributed by atoms with Crippen LogP contribution in [0.5, 0.6) is 0 Å². The van der Waals surface area contributed by atoms with Crippen LogP contribution in [0, 0.1) is 5.92 Å². The van der Waals surface area contributed by atoms with Gasteiger partial charge in [-0.3, -0.25) is 14.4 Å². The number of benzene rings is 2. The van der Waals surface area contributed by atoms with Gasteiger partial charge in [-0.1, -0.05) is 18.2 Å². The molecule has 0 aliphatic carbocycles. The van der Waals surface area contributed by atoms with Gasteiger partial charge in [0.05, 0.1) is 16.5 Å². The second kappa shape index (κ2) is 9.33. The molecule has 0 saturated carbocycles. The number of sulfonamides is 1. The topological polar surface area (TPSA) is 98.3 Å². The van der Waals surface area contributed by atoms with Crippen molar-refractivity contribution in [1.29, 1.82) is 0 Å². The SMILES string of the molecule is CC1C(=O)c2cc(S(=O)(=O)N3CCCC3C(=O)N3CCN(c4ccccc4)CC3)ccc2N(C)C1=O. The van der Waals surface area contributed by atoms with Crippen molar-refractivity contribution in [3.8, 4) is 0 Å². The lowest BCUT2D eigenvalue weighted by atomic mass is 9.92. The van der Waals surface area contributed by atoms with Crippen LogP contribution in [-0.4, -0.2) is 81.0 Å². The molecule has 3 aliphatic rings. The lowest BCUT2D eigenvalue weighted by Gasteiger charge is -2.38. The third-order valence-corrected chi connectivity index (χ3v) is 9.40. The maximum atomic E-state index is 13.6. The first-order valence-electron chi connectivity index (χ1n) is 12.3. The lowest BCUT2D eigenvalue weighted by molar-refractivity contribution is -0.134. The number of anilines is 2. The first-order chi connectivity index (χ1) is 17.2. The monoisotopic (exact) mass is 510 g/mol. The number of rotatable bonds is 4. The molecule has 3 heterocycles. The molecule has 2 fully saturated rings. The van der Waals surface area contributed by atoms with Crippen molar-refractivity contribution in [2.75, 3.05) is 49.6 Å². The smallest absolute Gasteiger partial charge is 0.243 e. The number of Topliss-reactive ketones (excluding diaryl/α,β-unsaturated/α-hetero) is 1. The molecule has 190 valence electrons. The highest BCUT2D eigenvalue weighted by atomic mass is 32.2. The molecular weight excluding hydrogens is 480 g/mol. The van der Waals surface area contributed by atoms with Crippen LogP contribution < -0.4 is 9.80 Å². The third kappa shape index (κ3) is 4.08. The van der Waals surface area contributed by atoms with Gasteiger partial charge in [-0.05, 0) is 50.1 Å². The molecule has 2 atom stereocenters. The summed E-state index contributed by atoms with van der Waals surface area (Å²) in [7, 11) is -2.44. The van der Waals surface area contributed by atoms with Crippen LogP contribution in [-0.2, 0) is 19.6 Å². The number of hydrogen-bond acceptors (Lipinski definition) is 6. The Bertz CT molecular complexity index is 1300. The van der Waals surface area contributed by atoms with Gasteiger partial charge in [0.25, 0.3) is 0 Å². The molecule has 0 radical (unpaired) electrons. The van der Waals surface area contributed by atoms with Crippen LogP contribution in [0.1, 0.15) is 30.1 Å². The summed E-state index contributed by atoms with van der Waals surface area (Å²) in [6.07, 6.45) is 1.06. The molecule has 10 heteroatoms. The van der Waals surface area contributed by atoms with Crippen molar-refractivity contribution in [3.05, 3.63) is 54.1 Å². The van der Waals surface area contributed by atoms with Gasteiger partial charge in [0.15, 0.2) is 5.78 Å². The molecule has 2 unspecified atom stereocenters. The van der Waals surface area contributed by atoms with Gasteiger partial charge in [-0.2, -0.15) is 4.31 Å². The zero-order valence-electron chi connectivity index (χ0n) is 20.5. The van der Waals surface area contributed by atoms with E-state index in [9.17, 15) is 22.8 Å². The normalized spacial score (nSPS) is 23.2. The van der Waals surface area contributed by atoms with Crippen LogP contribution in [0.2, 0.25) is 0 Å². The van der Waals surface area contributed by atoms with Crippen molar-refractivity contribution < 1.29 is 22.8 Å². The Morgan fingerprint density at radius 3 is 2.33 bits per heavy atom. The molecule has 0 bridgehead atoms. The van der Waals surface area contributed by atoms with Gasteiger partial charge in [-0.25, -0.2) is 8.42 Å². The van der Waals surface area contributed by atoms with E-state index in [1.165, 1.54) is 34.3 Å². The summed E-state index contributed by atoms with van der Waals surface area (Å²) in [6.45, 7) is 4.22. The Kier molecular flexibility index (Phi) is 6.34. The predicted molar refractivity (Wildman–Crippen MR) is 135 cm³/mol. The molecule has 9 nitrogen and oxygen atoms in total. The largest absolute Gasteiger partial charge is 0.368 e. The van der Waals surface area contributed by atoms with Crippen molar-refractivity contribution in [3.63, 3.8) is 0 Å². The maximum absolute atomic E-state index is 13.6. The third-order valence-electron chi connectivity index (χ3n) is 7.50. The quantitative estimate of drug-likeness (QED) is 0.584. The number of ketones is 1. The van der Waals surface area contributed by atoms with Gasteiger partial charge in [0.1, 0.15) is 6.04 Å². The first kappa shape index (κ1) is 24.5. The predicted octanol–water partition coefficient (Wildman–Crippen LogP) is 1.98. The van der Waals surface area contributed by atoms with Crippen molar-refractivity contribution >= 4 is 39.0 Å². The molecule has 0 N–H and O–H groups in total. The average molecular weight is 511 g/mol. The Balaban J connectivity index is 1.34. The van der Waals surface area contributed by atoms with Crippen LogP contribution in [0.15, 0.2) is 53.4 Å². The zero-order valence-corrected chi connectivity index (χ0v) is 21.3. The van der Waals surface area contributed by atoms with Gasteiger partial charge in [0.2, 0.25) is 21.8 Å². The fraction of sp³-hybridized carbons (Fsp3) is 0.423. The van der Waals surface area contributed by atoms with Crippen molar-refractivity contribution in [2.24, 2.45) is 5.92 Å². The van der Waals surface area contributed by atoms with E-state index < -0.39 is 27.8 Å².